The molecule has 0 radical (unpaired) electrons. The number of Topliss-reactive ketones (excluding diaryl/α,β-unsaturated/α-hetero) is 1. The second kappa shape index (κ2) is 11.7. The monoisotopic (exact) mass is 596 g/mol. The fourth-order valence-electron chi connectivity index (χ4n) is 6.19. The number of ketones is 1. The van der Waals surface area contributed by atoms with E-state index >= 15 is 0 Å². The molecule has 0 atom stereocenters. The Kier molecular flexibility index (Phi) is 7.96. The number of nitrogens with zero attached hydrogens (tertiary/aromatic N) is 7. The first kappa shape index (κ1) is 28.6. The fourth-order valence-corrected chi connectivity index (χ4v) is 7.75. The van der Waals surface area contributed by atoms with Crippen molar-refractivity contribution in [1.29, 1.82) is 0 Å². The highest BCUT2D eigenvalue weighted by molar-refractivity contribution is 7.86. The van der Waals surface area contributed by atoms with E-state index in [-0.39, 0.29) is 22.9 Å². The van der Waals surface area contributed by atoms with Crippen molar-refractivity contribution in [3.8, 4) is 0 Å². The lowest BCUT2D eigenvalue weighted by atomic mass is 10.0. The van der Waals surface area contributed by atoms with Gasteiger partial charge >= 0.3 is 0 Å². The predicted octanol–water partition coefficient (Wildman–Crippen LogP) is 2.26. The SMILES string of the molecule is CC(=O)c1c(C)c2cnc(Nc3ccc(N4CCN(S(=O)(=O)N5CCOCC5)CC4)cn3)nc2n(C2CCCC2)c1=O. The number of rotatable bonds is 7. The van der Waals surface area contributed by atoms with E-state index < -0.39 is 10.2 Å². The van der Waals surface area contributed by atoms with E-state index in [4.69, 9.17) is 9.72 Å². The van der Waals surface area contributed by atoms with Gasteiger partial charge in [-0.25, -0.2) is 9.97 Å². The highest BCUT2D eigenvalue weighted by Crippen LogP contribution is 2.32. The average Bonchev–Trinajstić information content (AvgIpc) is 3.52. The lowest BCUT2D eigenvalue weighted by Gasteiger charge is -2.38. The number of aromatic nitrogens is 4. The number of nitrogens with one attached hydrogen (secondary N) is 1. The molecule has 1 N–H and O–H groups in total. The van der Waals surface area contributed by atoms with Gasteiger partial charge in [0.15, 0.2) is 5.78 Å². The van der Waals surface area contributed by atoms with Gasteiger partial charge < -0.3 is 15.0 Å². The smallest absolute Gasteiger partial charge is 0.282 e. The maximum atomic E-state index is 13.4. The molecule has 0 unspecified atom stereocenters. The molecule has 5 heterocycles. The van der Waals surface area contributed by atoms with Gasteiger partial charge in [-0.05, 0) is 44.4 Å². The molecule has 13 nitrogen and oxygen atoms in total. The van der Waals surface area contributed by atoms with Crippen molar-refractivity contribution >= 4 is 44.5 Å². The van der Waals surface area contributed by atoms with Crippen LogP contribution in [0.4, 0.5) is 17.5 Å². The third-order valence-corrected chi connectivity index (χ3v) is 10.5. The number of fused-ring (bicyclic) bond motifs is 1. The maximum absolute atomic E-state index is 13.4. The first-order valence-electron chi connectivity index (χ1n) is 14.5. The molecule has 2 saturated heterocycles. The van der Waals surface area contributed by atoms with E-state index in [9.17, 15) is 18.0 Å². The second-order valence-electron chi connectivity index (χ2n) is 11.0. The minimum atomic E-state index is -3.49. The Morgan fingerprint density at radius 1 is 0.976 bits per heavy atom. The van der Waals surface area contributed by atoms with Gasteiger partial charge in [0.1, 0.15) is 11.5 Å². The van der Waals surface area contributed by atoms with Gasteiger partial charge in [-0.1, -0.05) is 12.8 Å². The Balaban J connectivity index is 1.18. The summed E-state index contributed by atoms with van der Waals surface area (Å²) in [5.74, 6) is 0.599. The van der Waals surface area contributed by atoms with Crippen LogP contribution < -0.4 is 15.8 Å². The quantitative estimate of drug-likeness (QED) is 0.404. The number of carbonyl (C=O) groups excluding carboxylic acids is 1. The number of piperazine rings is 1. The Morgan fingerprint density at radius 2 is 1.67 bits per heavy atom. The highest BCUT2D eigenvalue weighted by Gasteiger charge is 2.33. The molecule has 0 aromatic carbocycles. The first-order valence-corrected chi connectivity index (χ1v) is 15.9. The summed E-state index contributed by atoms with van der Waals surface area (Å²) in [6.07, 6.45) is 7.22. The Morgan fingerprint density at radius 3 is 2.31 bits per heavy atom. The van der Waals surface area contributed by atoms with Crippen LogP contribution in [0.25, 0.3) is 11.0 Å². The predicted molar refractivity (Wildman–Crippen MR) is 159 cm³/mol. The first-order chi connectivity index (χ1) is 20.2. The average molecular weight is 597 g/mol. The van der Waals surface area contributed by atoms with Gasteiger partial charge in [0.2, 0.25) is 5.95 Å². The number of aryl methyl sites for hydroxylation is 1. The summed E-state index contributed by atoms with van der Waals surface area (Å²) < 4.78 is 36.0. The zero-order valence-electron chi connectivity index (χ0n) is 24.0. The normalized spacial score (nSPS) is 19.4. The number of hydrogen-bond acceptors (Lipinski definition) is 10. The van der Waals surface area contributed by atoms with Gasteiger partial charge in [0.05, 0.1) is 30.7 Å². The molecule has 3 aromatic rings. The Labute approximate surface area is 244 Å². The molecule has 2 aliphatic heterocycles. The number of anilines is 3. The summed E-state index contributed by atoms with van der Waals surface area (Å²) in [6, 6.07) is 3.76. The van der Waals surface area contributed by atoms with Gasteiger partial charge in [-0.15, -0.1) is 0 Å². The molecule has 3 fully saturated rings. The van der Waals surface area contributed by atoms with E-state index in [0.717, 1.165) is 31.4 Å². The molecule has 14 heteroatoms. The lowest BCUT2D eigenvalue weighted by Crippen LogP contribution is -2.55. The summed E-state index contributed by atoms with van der Waals surface area (Å²) in [5.41, 5.74) is 1.93. The summed E-state index contributed by atoms with van der Waals surface area (Å²) in [7, 11) is -3.49. The highest BCUT2D eigenvalue weighted by atomic mass is 32.2. The molecule has 224 valence electrons. The largest absolute Gasteiger partial charge is 0.379 e. The lowest BCUT2D eigenvalue weighted by molar-refractivity contribution is 0.0700. The molecule has 0 bridgehead atoms. The maximum Gasteiger partial charge on any atom is 0.282 e. The van der Waals surface area contributed by atoms with E-state index in [1.807, 2.05) is 12.1 Å². The van der Waals surface area contributed by atoms with Crippen LogP contribution >= 0.6 is 0 Å². The third-order valence-electron chi connectivity index (χ3n) is 8.46. The van der Waals surface area contributed by atoms with Gasteiger partial charge in [-0.2, -0.15) is 22.0 Å². The summed E-state index contributed by atoms with van der Waals surface area (Å²) in [5, 5.41) is 3.84. The van der Waals surface area contributed by atoms with E-state index in [1.54, 1.807) is 28.2 Å². The van der Waals surface area contributed by atoms with Crippen LogP contribution in [0.2, 0.25) is 0 Å². The van der Waals surface area contributed by atoms with Crippen molar-refractivity contribution < 1.29 is 17.9 Å². The molecular weight excluding hydrogens is 560 g/mol. The molecule has 0 spiro atoms. The van der Waals surface area contributed by atoms with Crippen molar-refractivity contribution in [3.63, 3.8) is 0 Å². The van der Waals surface area contributed by atoms with Crippen LogP contribution in [0.3, 0.4) is 0 Å². The molecule has 42 heavy (non-hydrogen) atoms. The molecule has 6 rings (SSSR count). The summed E-state index contributed by atoms with van der Waals surface area (Å²) in [4.78, 5) is 41.7. The van der Waals surface area contributed by atoms with Crippen molar-refractivity contribution in [2.45, 2.75) is 45.6 Å². The molecule has 3 aliphatic rings. The van der Waals surface area contributed by atoms with Crippen LogP contribution in [-0.4, -0.2) is 94.8 Å². The molecule has 0 amide bonds. The standard InChI is InChI=1S/C28H36N8O5S/c1-19-23-18-30-28(32-26(23)36(21-5-3-4-6-21)27(38)25(19)20(2)37)31-24-8-7-22(17-29-24)33-9-11-34(12-10-33)42(39,40)35-13-15-41-16-14-35/h7-8,17-18,21H,3-6,9-16H2,1-2H3,(H,29,30,31,32). The minimum absolute atomic E-state index is 0.00295. The van der Waals surface area contributed by atoms with Crippen LogP contribution in [0.5, 0.6) is 0 Å². The van der Waals surface area contributed by atoms with Crippen LogP contribution in [0.1, 0.15) is 54.6 Å². The van der Waals surface area contributed by atoms with Crippen LogP contribution in [-0.2, 0) is 14.9 Å². The number of carbonyl (C=O) groups is 1. The number of pyridine rings is 2. The fraction of sp³-hybridized carbons (Fsp3) is 0.536. The van der Waals surface area contributed by atoms with E-state index in [1.165, 1.54) is 11.2 Å². The third kappa shape index (κ3) is 5.39. The Bertz CT molecular complexity index is 1640. The topological polar surface area (TPSA) is 143 Å². The number of ether oxygens (including phenoxy) is 1. The van der Waals surface area contributed by atoms with Gasteiger partial charge in [0, 0.05) is 56.9 Å². The van der Waals surface area contributed by atoms with Crippen molar-refractivity contribution in [2.75, 3.05) is 62.7 Å². The Hall–Kier alpha value is -3.46. The van der Waals surface area contributed by atoms with Crippen molar-refractivity contribution in [3.05, 3.63) is 46.0 Å². The summed E-state index contributed by atoms with van der Waals surface area (Å²) >= 11 is 0. The van der Waals surface area contributed by atoms with Gasteiger partial charge in [0.25, 0.3) is 15.8 Å². The zero-order valence-corrected chi connectivity index (χ0v) is 24.8. The molecule has 1 saturated carbocycles. The number of morpholine rings is 1. The molecular formula is C28H36N8O5S. The van der Waals surface area contributed by atoms with Crippen LogP contribution in [0, 0.1) is 6.92 Å². The van der Waals surface area contributed by atoms with Crippen molar-refractivity contribution in [1.82, 2.24) is 28.1 Å². The van der Waals surface area contributed by atoms with E-state index in [0.29, 0.717) is 80.8 Å². The molecule has 3 aromatic heterocycles. The molecule has 1 aliphatic carbocycles. The van der Waals surface area contributed by atoms with Crippen molar-refractivity contribution in [2.24, 2.45) is 0 Å². The minimum Gasteiger partial charge on any atom is -0.379 e. The summed E-state index contributed by atoms with van der Waals surface area (Å²) in [6.45, 7) is 6.75. The van der Waals surface area contributed by atoms with Gasteiger partial charge in [-0.3, -0.25) is 14.2 Å². The number of hydrogen-bond donors (Lipinski definition) is 1. The zero-order chi connectivity index (χ0) is 29.4. The van der Waals surface area contributed by atoms with E-state index in [2.05, 4.69) is 20.2 Å². The second-order valence-corrected chi connectivity index (χ2v) is 13.0. The van der Waals surface area contributed by atoms with Crippen LogP contribution in [0.15, 0.2) is 29.3 Å².